The smallest absolute Gasteiger partial charge is 0.0698 e. The minimum atomic E-state index is 0.0821. The van der Waals surface area contributed by atoms with Crippen molar-refractivity contribution in [2.75, 3.05) is 43.5 Å². The molecule has 0 unspecified atom stereocenters. The van der Waals surface area contributed by atoms with Crippen LogP contribution in [0.25, 0.3) is 0 Å². The quantitative estimate of drug-likeness (QED) is 0.567. The summed E-state index contributed by atoms with van der Waals surface area (Å²) in [7, 11) is 0. The summed E-state index contributed by atoms with van der Waals surface area (Å²) >= 11 is 0. The van der Waals surface area contributed by atoms with Gasteiger partial charge in [-0.2, -0.15) is 0 Å². The van der Waals surface area contributed by atoms with Crippen LogP contribution in [0, 0.1) is 0 Å². The van der Waals surface area contributed by atoms with Gasteiger partial charge in [-0.05, 0) is 18.1 Å². The van der Waals surface area contributed by atoms with Gasteiger partial charge in [0.2, 0.25) is 0 Å². The van der Waals surface area contributed by atoms with E-state index in [0.29, 0.717) is 13.2 Å². The lowest BCUT2D eigenvalue weighted by Gasteiger charge is -2.20. The molecule has 0 radical (unpaired) electrons. The Kier molecular flexibility index (Phi) is 3.64. The number of para-hydroxylation sites is 1. The fourth-order valence-corrected chi connectivity index (χ4v) is 2.13. The normalized spacial score (nSPS) is 14.2. The van der Waals surface area contributed by atoms with Crippen LogP contribution in [0.15, 0.2) is 18.2 Å². The molecule has 0 atom stereocenters. The third-order valence-corrected chi connectivity index (χ3v) is 2.86. The van der Waals surface area contributed by atoms with E-state index < -0.39 is 0 Å². The van der Waals surface area contributed by atoms with Crippen molar-refractivity contribution in [2.45, 2.75) is 6.42 Å². The van der Waals surface area contributed by atoms with Crippen molar-refractivity contribution in [3.63, 3.8) is 0 Å². The fraction of sp³-hybridized carbons (Fsp3) is 0.500. The van der Waals surface area contributed by atoms with Gasteiger partial charge in [0.05, 0.1) is 31.2 Å². The molecule has 4 heteroatoms. The number of aliphatic hydroxyl groups is 1. The highest BCUT2D eigenvalue weighted by Gasteiger charge is 2.20. The summed E-state index contributed by atoms with van der Waals surface area (Å²) in [5.74, 6) is 0. The van der Waals surface area contributed by atoms with Crippen molar-refractivity contribution in [3.8, 4) is 0 Å². The Bertz CT molecular complexity index is 355. The maximum Gasteiger partial charge on any atom is 0.0698 e. The molecule has 0 bridgehead atoms. The number of benzene rings is 1. The number of hydrogen-bond donors (Lipinski definition) is 2. The first-order chi connectivity index (χ1) is 7.83. The highest BCUT2D eigenvalue weighted by molar-refractivity contribution is 5.74. The zero-order valence-electron chi connectivity index (χ0n) is 9.35. The Morgan fingerprint density at radius 3 is 3.06 bits per heavy atom. The molecule has 3 N–H and O–H groups in total. The van der Waals surface area contributed by atoms with E-state index in [1.165, 1.54) is 5.56 Å². The third kappa shape index (κ3) is 2.28. The van der Waals surface area contributed by atoms with E-state index >= 15 is 0 Å². The van der Waals surface area contributed by atoms with Crippen molar-refractivity contribution in [3.05, 3.63) is 23.8 Å². The van der Waals surface area contributed by atoms with E-state index in [2.05, 4.69) is 11.0 Å². The maximum atomic E-state index is 8.60. The highest BCUT2D eigenvalue weighted by atomic mass is 16.5. The number of nitrogens with two attached hydrogens (primary N) is 1. The van der Waals surface area contributed by atoms with E-state index in [0.717, 1.165) is 30.9 Å². The largest absolute Gasteiger partial charge is 0.397 e. The van der Waals surface area contributed by atoms with Crippen LogP contribution in [-0.4, -0.2) is 38.0 Å². The zero-order valence-corrected chi connectivity index (χ0v) is 9.35. The SMILES string of the molecule is Nc1cccc2c1N(CCOCCO)CC2. The summed E-state index contributed by atoms with van der Waals surface area (Å²) in [5.41, 5.74) is 9.30. The molecule has 1 aromatic rings. The molecule has 0 saturated heterocycles. The van der Waals surface area contributed by atoms with E-state index in [9.17, 15) is 0 Å². The topological polar surface area (TPSA) is 58.7 Å². The van der Waals surface area contributed by atoms with Crippen LogP contribution in [0.4, 0.5) is 11.4 Å². The number of anilines is 2. The molecule has 0 fully saturated rings. The van der Waals surface area contributed by atoms with Crippen molar-refractivity contribution >= 4 is 11.4 Å². The van der Waals surface area contributed by atoms with E-state index in [1.54, 1.807) is 0 Å². The molecule has 0 saturated carbocycles. The standard InChI is InChI=1S/C12H18N2O2/c13-11-3-1-2-10-4-5-14(12(10)11)6-8-16-9-7-15/h1-3,15H,4-9,13H2. The van der Waals surface area contributed by atoms with Gasteiger partial charge in [-0.25, -0.2) is 0 Å². The van der Waals surface area contributed by atoms with Crippen LogP contribution in [-0.2, 0) is 11.2 Å². The Balaban J connectivity index is 1.95. The monoisotopic (exact) mass is 222 g/mol. The van der Waals surface area contributed by atoms with Gasteiger partial charge in [-0.15, -0.1) is 0 Å². The predicted octanol–water partition coefficient (Wildman–Crippen LogP) is 0.640. The van der Waals surface area contributed by atoms with Gasteiger partial charge in [-0.1, -0.05) is 12.1 Å². The summed E-state index contributed by atoms with van der Waals surface area (Å²) in [6.07, 6.45) is 1.06. The van der Waals surface area contributed by atoms with Gasteiger partial charge in [0.15, 0.2) is 0 Å². The highest BCUT2D eigenvalue weighted by Crippen LogP contribution is 2.33. The van der Waals surface area contributed by atoms with Gasteiger partial charge < -0.3 is 20.5 Å². The van der Waals surface area contributed by atoms with Crippen molar-refractivity contribution in [1.29, 1.82) is 0 Å². The van der Waals surface area contributed by atoms with Crippen LogP contribution >= 0.6 is 0 Å². The molecule has 16 heavy (non-hydrogen) atoms. The maximum absolute atomic E-state index is 8.60. The van der Waals surface area contributed by atoms with Gasteiger partial charge in [0.1, 0.15) is 0 Å². The lowest BCUT2D eigenvalue weighted by atomic mass is 10.1. The molecule has 0 aliphatic carbocycles. The number of aliphatic hydroxyl groups excluding tert-OH is 1. The molecule has 1 heterocycles. The van der Waals surface area contributed by atoms with Crippen LogP contribution in [0.3, 0.4) is 0 Å². The summed E-state index contributed by atoms with van der Waals surface area (Å²) < 4.78 is 5.27. The fourth-order valence-electron chi connectivity index (χ4n) is 2.13. The van der Waals surface area contributed by atoms with Crippen LogP contribution in [0.5, 0.6) is 0 Å². The molecule has 1 aliphatic rings. The van der Waals surface area contributed by atoms with Crippen molar-refractivity contribution < 1.29 is 9.84 Å². The number of fused-ring (bicyclic) bond motifs is 1. The number of nitrogen functional groups attached to an aromatic ring is 1. The van der Waals surface area contributed by atoms with Gasteiger partial charge in [0, 0.05) is 13.1 Å². The third-order valence-electron chi connectivity index (χ3n) is 2.86. The Labute approximate surface area is 95.6 Å². The van der Waals surface area contributed by atoms with Crippen molar-refractivity contribution in [2.24, 2.45) is 0 Å². The van der Waals surface area contributed by atoms with Crippen molar-refractivity contribution in [1.82, 2.24) is 0 Å². The summed E-state index contributed by atoms with van der Waals surface area (Å²) in [6.45, 7) is 2.96. The molecule has 88 valence electrons. The van der Waals surface area contributed by atoms with Crippen LogP contribution < -0.4 is 10.6 Å². The summed E-state index contributed by atoms with van der Waals surface area (Å²) in [6, 6.07) is 6.06. The molecule has 2 rings (SSSR count). The first kappa shape index (κ1) is 11.2. The average molecular weight is 222 g/mol. The Morgan fingerprint density at radius 2 is 2.25 bits per heavy atom. The minimum absolute atomic E-state index is 0.0821. The molecule has 1 aliphatic heterocycles. The number of ether oxygens (including phenoxy) is 1. The molecule has 4 nitrogen and oxygen atoms in total. The number of nitrogens with zero attached hydrogens (tertiary/aromatic N) is 1. The molecular formula is C12H18N2O2. The zero-order chi connectivity index (χ0) is 11.4. The van der Waals surface area contributed by atoms with Gasteiger partial charge >= 0.3 is 0 Å². The Hall–Kier alpha value is -1.26. The first-order valence-corrected chi connectivity index (χ1v) is 5.64. The molecule has 1 aromatic carbocycles. The number of hydrogen-bond acceptors (Lipinski definition) is 4. The number of rotatable bonds is 5. The Morgan fingerprint density at radius 1 is 1.38 bits per heavy atom. The minimum Gasteiger partial charge on any atom is -0.397 e. The second kappa shape index (κ2) is 5.18. The van der Waals surface area contributed by atoms with Gasteiger partial charge in [-0.3, -0.25) is 0 Å². The molecule has 0 spiro atoms. The average Bonchev–Trinajstić information content (AvgIpc) is 2.69. The molecule has 0 aromatic heterocycles. The molecular weight excluding hydrogens is 204 g/mol. The lowest BCUT2D eigenvalue weighted by Crippen LogP contribution is -2.26. The molecule has 0 amide bonds. The first-order valence-electron chi connectivity index (χ1n) is 5.64. The van der Waals surface area contributed by atoms with E-state index in [1.807, 2.05) is 12.1 Å². The predicted molar refractivity (Wildman–Crippen MR) is 64.7 cm³/mol. The summed E-state index contributed by atoms with van der Waals surface area (Å²) in [5, 5.41) is 8.60. The lowest BCUT2D eigenvalue weighted by molar-refractivity contribution is 0.0968. The van der Waals surface area contributed by atoms with E-state index in [4.69, 9.17) is 15.6 Å². The second-order valence-electron chi connectivity index (χ2n) is 3.93. The van der Waals surface area contributed by atoms with Crippen LogP contribution in [0.1, 0.15) is 5.56 Å². The van der Waals surface area contributed by atoms with Gasteiger partial charge in [0.25, 0.3) is 0 Å². The van der Waals surface area contributed by atoms with E-state index in [-0.39, 0.29) is 6.61 Å². The second-order valence-corrected chi connectivity index (χ2v) is 3.93. The summed E-state index contributed by atoms with van der Waals surface area (Å²) in [4.78, 5) is 2.25. The van der Waals surface area contributed by atoms with Crippen LogP contribution in [0.2, 0.25) is 0 Å².